The summed E-state index contributed by atoms with van der Waals surface area (Å²) in [5.41, 5.74) is 0. The van der Waals surface area contributed by atoms with Gasteiger partial charge in [0, 0.05) is 6.42 Å². The highest BCUT2D eigenvalue weighted by Gasteiger charge is 2.23. The van der Waals surface area contributed by atoms with E-state index in [2.05, 4.69) is 30.5 Å². The number of unbranched alkanes of at least 4 members (excludes halogenated alkanes) is 18. The number of phosphoric ester groups is 1. The summed E-state index contributed by atoms with van der Waals surface area (Å²) < 4.78 is 23.0. The summed E-state index contributed by atoms with van der Waals surface area (Å²) in [4.78, 5) is 25.1. The average Bonchev–Trinajstić information content (AvgIpc) is 3.02. The normalized spacial score (nSPS) is 15.1. The van der Waals surface area contributed by atoms with Crippen LogP contribution in [0.5, 0.6) is 0 Å². The van der Waals surface area contributed by atoms with E-state index in [1.165, 1.54) is 89.9 Å². The van der Waals surface area contributed by atoms with E-state index < -0.39 is 26.6 Å². The molecule has 0 radical (unpaired) electrons. The van der Waals surface area contributed by atoms with Crippen LogP contribution < -0.4 is 10.2 Å². The lowest BCUT2D eigenvalue weighted by atomic mass is 10.0. The zero-order valence-electron chi connectivity index (χ0n) is 31.7. The molecule has 0 saturated carbocycles. The second-order valence-electron chi connectivity index (χ2n) is 14.3. The Morgan fingerprint density at radius 1 is 0.750 bits per heavy atom. The van der Waals surface area contributed by atoms with Crippen molar-refractivity contribution in [2.24, 2.45) is 0 Å². The maximum absolute atomic E-state index is 12.8. The molecule has 0 saturated heterocycles. The van der Waals surface area contributed by atoms with Crippen LogP contribution in [0, 0.1) is 0 Å². The molecule has 0 aliphatic carbocycles. The number of carbonyl (C=O) groups excluding carboxylic acids is 1. The van der Waals surface area contributed by atoms with Crippen LogP contribution in [-0.4, -0.2) is 68.5 Å². The number of aliphatic hydroxyl groups is 1. The van der Waals surface area contributed by atoms with Crippen molar-refractivity contribution in [1.29, 1.82) is 0 Å². The first-order valence-corrected chi connectivity index (χ1v) is 20.8. The van der Waals surface area contributed by atoms with Crippen LogP contribution >= 0.6 is 7.82 Å². The number of nitrogens with one attached hydrogen (secondary N) is 1. The third kappa shape index (κ3) is 33.2. The van der Waals surface area contributed by atoms with Crippen molar-refractivity contribution in [1.82, 2.24) is 5.32 Å². The molecular weight excluding hydrogens is 623 g/mol. The van der Waals surface area contributed by atoms with Crippen molar-refractivity contribution in [2.45, 2.75) is 167 Å². The summed E-state index contributed by atoms with van der Waals surface area (Å²) >= 11 is 0. The third-order valence-electron chi connectivity index (χ3n) is 8.43. The lowest BCUT2D eigenvalue weighted by molar-refractivity contribution is -0.870. The van der Waals surface area contributed by atoms with Gasteiger partial charge in [-0.15, -0.1) is 0 Å². The number of likely N-dealkylation sites (N-methyl/N-ethyl adjacent to an activating group) is 1. The van der Waals surface area contributed by atoms with E-state index in [0.29, 0.717) is 17.4 Å². The van der Waals surface area contributed by atoms with Crippen LogP contribution in [0.15, 0.2) is 36.5 Å². The van der Waals surface area contributed by atoms with Crippen molar-refractivity contribution >= 4 is 13.7 Å². The van der Waals surface area contributed by atoms with Gasteiger partial charge in [0.05, 0.1) is 39.9 Å². The number of nitrogens with zero attached hydrogens (tertiary/aromatic N) is 1. The molecule has 1 amide bonds. The fraction of sp³-hybridized carbons (Fsp3) is 0.821. The van der Waals surface area contributed by atoms with Crippen LogP contribution in [0.3, 0.4) is 0 Å². The lowest BCUT2D eigenvalue weighted by Gasteiger charge is -2.29. The topological polar surface area (TPSA) is 108 Å². The van der Waals surface area contributed by atoms with Gasteiger partial charge in [0.15, 0.2) is 0 Å². The standard InChI is InChI=1S/C39H75N2O6P/c1-6-8-10-12-14-16-17-18-19-20-21-22-23-25-27-29-31-33-39(43)40-37(36-47-48(44,45)46-35-34-41(3,4)5)38(42)32-30-28-26-24-15-13-11-9-7-2/h7,9,15,24,30,32,37-38,42H,6,8,10-14,16-23,25-29,31,33-36H2,1-5H3,(H-,40,43,44,45)/b9-7+,24-15+,32-30+. The Kier molecular flexibility index (Phi) is 30.8. The van der Waals surface area contributed by atoms with E-state index in [-0.39, 0.29) is 12.5 Å². The van der Waals surface area contributed by atoms with Crippen molar-refractivity contribution in [3.05, 3.63) is 36.5 Å². The maximum Gasteiger partial charge on any atom is 0.268 e. The average molecular weight is 699 g/mol. The van der Waals surface area contributed by atoms with Crippen molar-refractivity contribution in [3.63, 3.8) is 0 Å². The van der Waals surface area contributed by atoms with Crippen LogP contribution in [0.25, 0.3) is 0 Å². The minimum absolute atomic E-state index is 0.00861. The minimum Gasteiger partial charge on any atom is -0.756 e. The number of rotatable bonds is 34. The molecule has 0 bridgehead atoms. The molecule has 0 spiro atoms. The zero-order chi connectivity index (χ0) is 35.8. The highest BCUT2D eigenvalue weighted by Crippen LogP contribution is 2.38. The molecule has 0 aromatic carbocycles. The van der Waals surface area contributed by atoms with Crippen LogP contribution in [0.1, 0.15) is 155 Å². The molecule has 8 nitrogen and oxygen atoms in total. The Hall–Kier alpha value is -1.28. The number of amides is 1. The first-order chi connectivity index (χ1) is 23.0. The Morgan fingerprint density at radius 2 is 1.21 bits per heavy atom. The molecule has 0 fully saturated rings. The second-order valence-corrected chi connectivity index (χ2v) is 15.7. The number of phosphoric acid groups is 1. The summed E-state index contributed by atoms with van der Waals surface area (Å²) in [6, 6.07) is -0.903. The molecule has 0 heterocycles. The van der Waals surface area contributed by atoms with Gasteiger partial charge in [-0.3, -0.25) is 9.36 Å². The third-order valence-corrected chi connectivity index (χ3v) is 9.39. The van der Waals surface area contributed by atoms with E-state index >= 15 is 0 Å². The molecule has 0 rings (SSSR count). The van der Waals surface area contributed by atoms with Gasteiger partial charge in [0.2, 0.25) is 5.91 Å². The number of quaternary nitrogens is 1. The van der Waals surface area contributed by atoms with Crippen LogP contribution in [-0.2, 0) is 18.4 Å². The fourth-order valence-corrected chi connectivity index (χ4v) is 6.03. The summed E-state index contributed by atoms with van der Waals surface area (Å²) in [7, 11) is 1.23. The predicted molar refractivity (Wildman–Crippen MR) is 201 cm³/mol. The molecule has 9 heteroatoms. The van der Waals surface area contributed by atoms with E-state index in [1.807, 2.05) is 40.2 Å². The summed E-state index contributed by atoms with van der Waals surface area (Å²) in [5, 5.41) is 13.6. The molecule has 0 aromatic rings. The SMILES string of the molecule is C/C=C/CC/C=C/CC/C=C/C(O)C(COP(=O)([O-])OCC[N+](C)(C)C)NC(=O)CCCCCCCCCCCCCCCCCCC. The smallest absolute Gasteiger partial charge is 0.268 e. The molecule has 0 aliphatic heterocycles. The van der Waals surface area contributed by atoms with Gasteiger partial charge < -0.3 is 28.8 Å². The van der Waals surface area contributed by atoms with E-state index in [9.17, 15) is 19.4 Å². The predicted octanol–water partition coefficient (Wildman–Crippen LogP) is 9.33. The molecule has 0 aliphatic rings. The largest absolute Gasteiger partial charge is 0.756 e. The highest BCUT2D eigenvalue weighted by molar-refractivity contribution is 7.45. The van der Waals surface area contributed by atoms with Gasteiger partial charge in [0.25, 0.3) is 7.82 Å². The Bertz CT molecular complexity index is 886. The van der Waals surface area contributed by atoms with Crippen LogP contribution in [0.4, 0.5) is 0 Å². The van der Waals surface area contributed by atoms with Crippen LogP contribution in [0.2, 0.25) is 0 Å². The van der Waals surface area contributed by atoms with Gasteiger partial charge in [0.1, 0.15) is 13.2 Å². The van der Waals surface area contributed by atoms with Crippen molar-refractivity contribution in [3.8, 4) is 0 Å². The van der Waals surface area contributed by atoms with Crippen molar-refractivity contribution in [2.75, 3.05) is 40.9 Å². The zero-order valence-corrected chi connectivity index (χ0v) is 32.6. The van der Waals surface area contributed by atoms with E-state index in [0.717, 1.165) is 44.9 Å². The van der Waals surface area contributed by atoms with Gasteiger partial charge in [-0.2, -0.15) is 0 Å². The fourth-order valence-electron chi connectivity index (χ4n) is 5.31. The van der Waals surface area contributed by atoms with Gasteiger partial charge in [-0.1, -0.05) is 146 Å². The number of hydrogen-bond donors (Lipinski definition) is 2. The number of carbonyl (C=O) groups is 1. The van der Waals surface area contributed by atoms with Gasteiger partial charge in [-0.05, 0) is 39.0 Å². The molecule has 3 unspecified atom stereocenters. The first-order valence-electron chi connectivity index (χ1n) is 19.3. The maximum atomic E-state index is 12.8. The first kappa shape index (κ1) is 46.7. The number of allylic oxidation sites excluding steroid dienone is 5. The lowest BCUT2D eigenvalue weighted by Crippen LogP contribution is -2.45. The molecule has 3 atom stereocenters. The highest BCUT2D eigenvalue weighted by atomic mass is 31.2. The second kappa shape index (κ2) is 31.7. The Labute approximate surface area is 296 Å². The van der Waals surface area contributed by atoms with E-state index in [4.69, 9.17) is 9.05 Å². The molecule has 48 heavy (non-hydrogen) atoms. The summed E-state index contributed by atoms with van der Waals surface area (Å²) in [5.74, 6) is -0.215. The monoisotopic (exact) mass is 699 g/mol. The molecule has 2 N–H and O–H groups in total. The molecule has 0 aromatic heterocycles. The molecular formula is C39H75N2O6P. The molecule has 282 valence electrons. The number of hydrogen-bond acceptors (Lipinski definition) is 6. The van der Waals surface area contributed by atoms with Gasteiger partial charge in [-0.25, -0.2) is 0 Å². The van der Waals surface area contributed by atoms with Gasteiger partial charge >= 0.3 is 0 Å². The summed E-state index contributed by atoms with van der Waals surface area (Å²) in [6.07, 6.45) is 36.4. The minimum atomic E-state index is -4.58. The quantitative estimate of drug-likeness (QED) is 0.0300. The van der Waals surface area contributed by atoms with E-state index in [1.54, 1.807) is 6.08 Å². The number of aliphatic hydroxyl groups excluding tert-OH is 1. The van der Waals surface area contributed by atoms with Crippen molar-refractivity contribution < 1.29 is 32.9 Å². The summed E-state index contributed by atoms with van der Waals surface area (Å²) in [6.45, 7) is 4.37. The Morgan fingerprint density at radius 3 is 1.69 bits per heavy atom. The Balaban J connectivity index is 4.42.